The first-order valence-corrected chi connectivity index (χ1v) is 13.7. The fraction of sp³-hybridized carbons (Fsp3) is 0.444. The second kappa shape index (κ2) is 9.86. The molecule has 3 atom stereocenters. The van der Waals surface area contributed by atoms with Gasteiger partial charge in [-0.2, -0.15) is 0 Å². The summed E-state index contributed by atoms with van der Waals surface area (Å²) in [6, 6.07) is 4.17. The molecular weight excluding hydrogens is 548 g/mol. The van der Waals surface area contributed by atoms with Crippen LogP contribution in [0.1, 0.15) is 43.0 Å². The fourth-order valence-corrected chi connectivity index (χ4v) is 7.13. The zero-order valence-corrected chi connectivity index (χ0v) is 22.4. The number of nitrogens with zero attached hydrogens (tertiary/aromatic N) is 5. The van der Waals surface area contributed by atoms with Crippen molar-refractivity contribution in [2.75, 3.05) is 19.7 Å². The third-order valence-corrected chi connectivity index (χ3v) is 9.25. The number of amidine groups is 1. The number of carbonyl (C=O) groups is 1. The molecule has 2 N–H and O–H groups in total. The van der Waals surface area contributed by atoms with Crippen LogP contribution in [0.5, 0.6) is 5.88 Å². The number of hydrogen-bond acceptors (Lipinski definition) is 8. The van der Waals surface area contributed by atoms with E-state index in [0.29, 0.717) is 35.3 Å². The van der Waals surface area contributed by atoms with Crippen LogP contribution in [-0.2, 0) is 16.8 Å². The van der Waals surface area contributed by atoms with Crippen LogP contribution >= 0.6 is 11.8 Å². The Bertz CT molecular complexity index is 1540. The number of ether oxygens (including phenoxy) is 1. The van der Waals surface area contributed by atoms with Crippen molar-refractivity contribution in [3.8, 4) is 5.88 Å². The van der Waals surface area contributed by atoms with Gasteiger partial charge in [0, 0.05) is 37.1 Å². The number of halogens is 4. The number of fused-ring (bicyclic) bond motifs is 2. The van der Waals surface area contributed by atoms with E-state index < -0.39 is 34.3 Å². The number of benzene rings is 1. The smallest absolute Gasteiger partial charge is 0.253 e. The first-order valence-electron chi connectivity index (χ1n) is 12.9. The summed E-state index contributed by atoms with van der Waals surface area (Å²) in [4.78, 5) is 31.2. The van der Waals surface area contributed by atoms with E-state index in [2.05, 4.69) is 19.9 Å². The van der Waals surface area contributed by atoms with Crippen molar-refractivity contribution in [2.45, 2.75) is 49.3 Å². The molecular formula is C27H26F4N6O2S. The molecule has 3 aromatic rings. The molecule has 0 unspecified atom stereocenters. The lowest BCUT2D eigenvalue weighted by Gasteiger charge is -2.34. The molecule has 0 bridgehead atoms. The van der Waals surface area contributed by atoms with Gasteiger partial charge in [-0.1, -0.05) is 11.8 Å². The average Bonchev–Trinajstić information content (AvgIpc) is 3.54. The van der Waals surface area contributed by atoms with Gasteiger partial charge in [0.2, 0.25) is 11.8 Å². The largest absolute Gasteiger partial charge is 0.475 e. The Morgan fingerprint density at radius 1 is 1.27 bits per heavy atom. The van der Waals surface area contributed by atoms with Crippen molar-refractivity contribution >= 4 is 33.9 Å². The molecule has 40 heavy (non-hydrogen) atoms. The topological polar surface area (TPSA) is 107 Å². The third kappa shape index (κ3) is 4.53. The van der Waals surface area contributed by atoms with Crippen LogP contribution in [0.25, 0.3) is 11.0 Å². The van der Waals surface area contributed by atoms with Crippen LogP contribution in [0.3, 0.4) is 0 Å². The molecule has 2 aromatic heterocycles. The summed E-state index contributed by atoms with van der Waals surface area (Å²) in [5.74, 6) is -2.53. The molecule has 1 aliphatic carbocycles. The number of thioether (sulfide) groups is 1. The Labute approximate surface area is 231 Å². The van der Waals surface area contributed by atoms with Gasteiger partial charge in [0.05, 0.1) is 34.2 Å². The first-order chi connectivity index (χ1) is 19.1. The molecule has 0 radical (unpaired) electrons. The lowest BCUT2D eigenvalue weighted by Crippen LogP contribution is -2.39. The second-order valence-corrected chi connectivity index (χ2v) is 11.9. The van der Waals surface area contributed by atoms with Gasteiger partial charge in [0.25, 0.3) is 6.43 Å². The lowest BCUT2D eigenvalue weighted by molar-refractivity contribution is -0.128. The van der Waals surface area contributed by atoms with Crippen LogP contribution in [-0.4, -0.2) is 61.8 Å². The van der Waals surface area contributed by atoms with E-state index in [1.807, 2.05) is 0 Å². The van der Waals surface area contributed by atoms with Gasteiger partial charge in [-0.05, 0) is 43.5 Å². The number of hydrogen-bond donors (Lipinski definition) is 1. The van der Waals surface area contributed by atoms with E-state index in [4.69, 9.17) is 10.5 Å². The Hall–Kier alpha value is -3.48. The van der Waals surface area contributed by atoms with Gasteiger partial charge in [0.1, 0.15) is 12.1 Å². The predicted octanol–water partition coefficient (Wildman–Crippen LogP) is 4.20. The molecule has 210 valence electrons. The van der Waals surface area contributed by atoms with Crippen LogP contribution in [0.15, 0.2) is 35.6 Å². The molecule has 0 spiro atoms. The monoisotopic (exact) mass is 574 g/mol. The maximum Gasteiger partial charge on any atom is 0.253 e. The van der Waals surface area contributed by atoms with Gasteiger partial charge in [-0.3, -0.25) is 14.8 Å². The third-order valence-electron chi connectivity index (χ3n) is 7.94. The van der Waals surface area contributed by atoms with E-state index >= 15 is 4.39 Å². The molecule has 2 aliphatic heterocycles. The van der Waals surface area contributed by atoms with Gasteiger partial charge < -0.3 is 15.4 Å². The highest BCUT2D eigenvalue weighted by atomic mass is 32.2. The molecule has 4 heterocycles. The van der Waals surface area contributed by atoms with E-state index in [1.54, 1.807) is 11.0 Å². The van der Waals surface area contributed by atoms with Gasteiger partial charge in [-0.25, -0.2) is 27.5 Å². The number of nitrogens with two attached hydrogens (primary N) is 1. The zero-order chi connectivity index (χ0) is 28.2. The normalized spacial score (nSPS) is 25.9. The molecule has 8 nitrogen and oxygen atoms in total. The number of aliphatic imine (C=N–C) groups is 1. The lowest BCUT2D eigenvalue weighted by atomic mass is 9.84. The minimum absolute atomic E-state index is 0.0715. The summed E-state index contributed by atoms with van der Waals surface area (Å²) in [6.07, 6.45) is 1.89. The molecule has 3 aliphatic rings. The SMILES string of the molecule is C[C@]1(c2cc(Cc3nccc4nc(OCCN5CCCC5=O)cnc34)cc(F)c2F)N=C(N)S[C@@]2(C(F)F)C[C@@H]12. The Kier molecular flexibility index (Phi) is 6.59. The number of pyridine rings is 1. The van der Waals surface area contributed by atoms with Crippen LogP contribution in [0, 0.1) is 17.6 Å². The quantitative estimate of drug-likeness (QED) is 0.402. The predicted molar refractivity (Wildman–Crippen MR) is 141 cm³/mol. The van der Waals surface area contributed by atoms with Crippen molar-refractivity contribution in [3.05, 3.63) is 59.0 Å². The Morgan fingerprint density at radius 3 is 2.85 bits per heavy atom. The highest BCUT2D eigenvalue weighted by Gasteiger charge is 2.71. The van der Waals surface area contributed by atoms with E-state index in [-0.39, 0.29) is 42.0 Å². The summed E-state index contributed by atoms with van der Waals surface area (Å²) in [5.41, 5.74) is 6.14. The van der Waals surface area contributed by atoms with Gasteiger partial charge in [-0.15, -0.1) is 0 Å². The summed E-state index contributed by atoms with van der Waals surface area (Å²) >= 11 is 0.807. The van der Waals surface area contributed by atoms with Crippen LogP contribution in [0.2, 0.25) is 0 Å². The number of carbonyl (C=O) groups excluding carboxylic acids is 1. The van der Waals surface area contributed by atoms with Crippen LogP contribution in [0.4, 0.5) is 17.6 Å². The summed E-state index contributed by atoms with van der Waals surface area (Å²) < 4.78 is 62.1. The molecule has 1 aromatic carbocycles. The van der Waals surface area contributed by atoms with Crippen molar-refractivity contribution in [1.82, 2.24) is 19.9 Å². The fourth-order valence-electron chi connectivity index (χ4n) is 5.80. The minimum Gasteiger partial charge on any atom is -0.475 e. The number of alkyl halides is 2. The van der Waals surface area contributed by atoms with E-state index in [1.165, 1.54) is 25.4 Å². The highest BCUT2D eigenvalue weighted by Crippen LogP contribution is 2.68. The summed E-state index contributed by atoms with van der Waals surface area (Å²) in [6.45, 7) is 2.99. The molecule has 6 rings (SSSR count). The van der Waals surface area contributed by atoms with Crippen molar-refractivity contribution in [3.63, 3.8) is 0 Å². The minimum atomic E-state index is -2.68. The van der Waals surface area contributed by atoms with E-state index in [9.17, 15) is 18.0 Å². The highest BCUT2D eigenvalue weighted by molar-refractivity contribution is 8.15. The first kappa shape index (κ1) is 26.7. The zero-order valence-electron chi connectivity index (χ0n) is 21.5. The average molecular weight is 575 g/mol. The molecule has 2 fully saturated rings. The van der Waals surface area contributed by atoms with Gasteiger partial charge >= 0.3 is 0 Å². The van der Waals surface area contributed by atoms with Crippen molar-refractivity contribution in [1.29, 1.82) is 0 Å². The number of aromatic nitrogens is 3. The molecule has 1 amide bonds. The number of likely N-dealkylation sites (tertiary alicyclic amines) is 1. The van der Waals surface area contributed by atoms with Crippen molar-refractivity contribution in [2.24, 2.45) is 16.6 Å². The number of amides is 1. The number of rotatable bonds is 8. The maximum atomic E-state index is 15.2. The second-order valence-electron chi connectivity index (χ2n) is 10.5. The Morgan fingerprint density at radius 2 is 2.10 bits per heavy atom. The standard InChI is InChI=1S/C27H26F4N6O2S/c1-26(19-12-27(19,24(30)31)40-25(32)36-26)15-9-14(10-16(28)22(15)29)11-18-23-17(4-5-33-18)35-20(13-34-23)39-8-7-37-6-2-3-21(37)38/h4-5,9-10,13,19,24H,2-3,6-8,11-12H2,1H3,(H2,32,36)/t19-,26+,27-/m0/s1. The van der Waals surface area contributed by atoms with E-state index in [0.717, 1.165) is 30.8 Å². The maximum absolute atomic E-state index is 15.2. The molecule has 1 saturated carbocycles. The molecule has 13 heteroatoms. The van der Waals surface area contributed by atoms with Crippen molar-refractivity contribution < 1.29 is 27.1 Å². The Balaban J connectivity index is 1.26. The molecule has 1 saturated heterocycles. The van der Waals surface area contributed by atoms with Gasteiger partial charge in [0.15, 0.2) is 16.8 Å². The summed E-state index contributed by atoms with van der Waals surface area (Å²) in [5, 5.41) is -0.0715. The summed E-state index contributed by atoms with van der Waals surface area (Å²) in [7, 11) is 0. The van der Waals surface area contributed by atoms with Crippen LogP contribution < -0.4 is 10.5 Å².